The van der Waals surface area contributed by atoms with Gasteiger partial charge in [0.1, 0.15) is 5.15 Å². The first kappa shape index (κ1) is 14.9. The molecule has 0 N–H and O–H groups in total. The number of halogens is 1. The number of benzene rings is 1. The predicted molar refractivity (Wildman–Crippen MR) is 91.8 cm³/mol. The maximum atomic E-state index is 6.58. The van der Waals surface area contributed by atoms with Gasteiger partial charge in [-0.15, -0.1) is 5.10 Å². The van der Waals surface area contributed by atoms with Crippen LogP contribution in [0.1, 0.15) is 16.8 Å². The van der Waals surface area contributed by atoms with E-state index >= 15 is 0 Å². The largest absolute Gasteiger partial charge is 0.294 e. The van der Waals surface area contributed by atoms with Crippen LogP contribution in [0.2, 0.25) is 5.15 Å². The molecule has 4 rings (SSSR count). The molecule has 0 saturated heterocycles. The molecule has 2 aromatic heterocycles. The van der Waals surface area contributed by atoms with E-state index in [9.17, 15) is 0 Å². The van der Waals surface area contributed by atoms with E-state index in [-0.39, 0.29) is 0 Å². The van der Waals surface area contributed by atoms with Gasteiger partial charge in [0, 0.05) is 31.6 Å². The number of rotatable bonds is 3. The van der Waals surface area contributed by atoms with Gasteiger partial charge in [0.15, 0.2) is 0 Å². The molecule has 0 fully saturated rings. The summed E-state index contributed by atoms with van der Waals surface area (Å²) >= 11 is 8.08. The van der Waals surface area contributed by atoms with Crippen LogP contribution in [0.4, 0.5) is 0 Å². The average Bonchev–Trinajstić information content (AvgIpc) is 3.00. The van der Waals surface area contributed by atoms with Crippen LogP contribution < -0.4 is 0 Å². The lowest BCUT2D eigenvalue weighted by atomic mass is 10.1. The van der Waals surface area contributed by atoms with Gasteiger partial charge < -0.3 is 0 Å². The molecular weight excluding hydrogens is 330 g/mol. The summed E-state index contributed by atoms with van der Waals surface area (Å²) < 4.78 is 1.65. The summed E-state index contributed by atoms with van der Waals surface area (Å²) in [5, 5.41) is 5.74. The van der Waals surface area contributed by atoms with Gasteiger partial charge in [-0.1, -0.05) is 53.7 Å². The second kappa shape index (κ2) is 6.11. The lowest BCUT2D eigenvalue weighted by molar-refractivity contribution is 0.243. The Morgan fingerprint density at radius 3 is 2.83 bits per heavy atom. The fraction of sp³-hybridized carbons (Fsp3) is 0.312. The molecule has 1 aliphatic rings. The van der Waals surface area contributed by atoms with Crippen molar-refractivity contribution in [3.05, 3.63) is 52.3 Å². The molecule has 0 spiro atoms. The second-order valence-electron chi connectivity index (χ2n) is 5.58. The summed E-state index contributed by atoms with van der Waals surface area (Å²) in [7, 11) is 0. The van der Waals surface area contributed by atoms with Gasteiger partial charge in [0.05, 0.1) is 5.69 Å². The minimum absolute atomic E-state index is 0.592. The van der Waals surface area contributed by atoms with Gasteiger partial charge in [-0.3, -0.25) is 4.90 Å². The SMILES string of the molecule is CSc1nc2nc3c(c(Cl)n2n1)CN(Cc1ccccc1)CC3. The number of fused-ring (bicyclic) bond motifs is 2. The van der Waals surface area contributed by atoms with Crippen molar-refractivity contribution in [2.75, 3.05) is 12.8 Å². The van der Waals surface area contributed by atoms with Crippen LogP contribution >= 0.6 is 23.4 Å². The number of thioether (sulfide) groups is 1. The van der Waals surface area contributed by atoms with Crippen LogP contribution in [0.25, 0.3) is 5.78 Å². The third-order valence-electron chi connectivity index (χ3n) is 4.07. The number of hydrogen-bond donors (Lipinski definition) is 0. The van der Waals surface area contributed by atoms with Crippen LogP contribution in [-0.2, 0) is 19.5 Å². The molecule has 0 atom stereocenters. The van der Waals surface area contributed by atoms with Crippen molar-refractivity contribution in [1.29, 1.82) is 0 Å². The molecule has 0 bridgehead atoms. The van der Waals surface area contributed by atoms with Gasteiger partial charge in [0.25, 0.3) is 5.78 Å². The van der Waals surface area contributed by atoms with Crippen molar-refractivity contribution in [2.24, 2.45) is 0 Å². The van der Waals surface area contributed by atoms with Gasteiger partial charge >= 0.3 is 0 Å². The summed E-state index contributed by atoms with van der Waals surface area (Å²) in [5.41, 5.74) is 3.43. The van der Waals surface area contributed by atoms with Crippen LogP contribution in [0.3, 0.4) is 0 Å². The third kappa shape index (κ3) is 2.82. The monoisotopic (exact) mass is 345 g/mol. The zero-order chi connectivity index (χ0) is 15.8. The summed E-state index contributed by atoms with van der Waals surface area (Å²) in [6.45, 7) is 2.69. The van der Waals surface area contributed by atoms with E-state index in [4.69, 9.17) is 11.6 Å². The Morgan fingerprint density at radius 1 is 1.22 bits per heavy atom. The summed E-state index contributed by atoms with van der Waals surface area (Å²) in [6, 6.07) is 10.5. The van der Waals surface area contributed by atoms with Gasteiger partial charge in [0.2, 0.25) is 5.16 Å². The van der Waals surface area contributed by atoms with Crippen molar-refractivity contribution in [3.8, 4) is 0 Å². The van der Waals surface area contributed by atoms with Gasteiger partial charge in [-0.25, -0.2) is 4.98 Å². The van der Waals surface area contributed by atoms with E-state index in [1.807, 2.05) is 12.3 Å². The average molecular weight is 346 g/mol. The van der Waals surface area contributed by atoms with Gasteiger partial charge in [-0.05, 0) is 11.8 Å². The van der Waals surface area contributed by atoms with Gasteiger partial charge in [-0.2, -0.15) is 9.50 Å². The third-order valence-corrected chi connectivity index (χ3v) is 4.99. The Bertz CT molecular complexity index is 849. The van der Waals surface area contributed by atoms with E-state index in [1.165, 1.54) is 17.3 Å². The molecule has 1 aliphatic heterocycles. The highest BCUT2D eigenvalue weighted by atomic mass is 35.5. The lowest BCUT2D eigenvalue weighted by Gasteiger charge is -2.28. The van der Waals surface area contributed by atoms with E-state index in [2.05, 4.69) is 44.2 Å². The molecule has 3 aromatic rings. The Balaban J connectivity index is 1.66. The minimum Gasteiger partial charge on any atom is -0.294 e. The van der Waals surface area contributed by atoms with Crippen molar-refractivity contribution in [1.82, 2.24) is 24.5 Å². The second-order valence-corrected chi connectivity index (χ2v) is 6.72. The summed E-state index contributed by atoms with van der Waals surface area (Å²) in [6.07, 6.45) is 2.84. The van der Waals surface area contributed by atoms with Crippen LogP contribution in [0.15, 0.2) is 35.5 Å². The predicted octanol–water partition coefficient (Wildman–Crippen LogP) is 3.06. The zero-order valence-electron chi connectivity index (χ0n) is 12.7. The molecule has 118 valence electrons. The maximum absolute atomic E-state index is 6.58. The first-order valence-corrected chi connectivity index (χ1v) is 9.09. The first-order chi connectivity index (χ1) is 11.2. The smallest absolute Gasteiger partial charge is 0.254 e. The minimum atomic E-state index is 0.592. The fourth-order valence-electron chi connectivity index (χ4n) is 2.92. The quantitative estimate of drug-likeness (QED) is 0.539. The highest BCUT2D eigenvalue weighted by Gasteiger charge is 2.23. The van der Waals surface area contributed by atoms with Crippen LogP contribution in [0.5, 0.6) is 0 Å². The molecule has 5 nitrogen and oxygen atoms in total. The van der Waals surface area contributed by atoms with Crippen molar-refractivity contribution in [2.45, 2.75) is 24.7 Å². The number of hydrogen-bond acceptors (Lipinski definition) is 5. The van der Waals surface area contributed by atoms with Crippen molar-refractivity contribution < 1.29 is 0 Å². The lowest BCUT2D eigenvalue weighted by Crippen LogP contribution is -2.31. The molecule has 0 saturated carbocycles. The molecule has 0 unspecified atom stereocenters. The van der Waals surface area contributed by atoms with Crippen LogP contribution in [0, 0.1) is 0 Å². The first-order valence-electron chi connectivity index (χ1n) is 7.49. The highest BCUT2D eigenvalue weighted by molar-refractivity contribution is 7.98. The Kier molecular flexibility index (Phi) is 3.97. The Morgan fingerprint density at radius 2 is 2.04 bits per heavy atom. The Hall–Kier alpha value is -1.63. The molecule has 3 heterocycles. The fourth-order valence-corrected chi connectivity index (χ4v) is 3.54. The van der Waals surface area contributed by atoms with E-state index in [0.717, 1.165) is 37.3 Å². The molecular formula is C16H16ClN5S. The van der Waals surface area contributed by atoms with Crippen molar-refractivity contribution in [3.63, 3.8) is 0 Å². The topological polar surface area (TPSA) is 46.3 Å². The number of nitrogens with zero attached hydrogens (tertiary/aromatic N) is 5. The van der Waals surface area contributed by atoms with Crippen LogP contribution in [-0.4, -0.2) is 37.3 Å². The zero-order valence-corrected chi connectivity index (χ0v) is 14.3. The molecule has 7 heteroatoms. The molecule has 0 radical (unpaired) electrons. The highest BCUT2D eigenvalue weighted by Crippen LogP contribution is 2.27. The molecule has 23 heavy (non-hydrogen) atoms. The molecule has 0 aliphatic carbocycles. The van der Waals surface area contributed by atoms with Crippen molar-refractivity contribution >= 4 is 29.1 Å². The van der Waals surface area contributed by atoms with E-state index in [0.29, 0.717) is 16.1 Å². The number of aromatic nitrogens is 4. The summed E-state index contributed by atoms with van der Waals surface area (Å²) in [4.78, 5) is 11.4. The normalized spacial score (nSPS) is 15.0. The van der Waals surface area contributed by atoms with E-state index in [1.54, 1.807) is 4.52 Å². The summed E-state index contributed by atoms with van der Waals surface area (Å²) in [5.74, 6) is 0.592. The maximum Gasteiger partial charge on any atom is 0.254 e. The molecule has 0 amide bonds. The van der Waals surface area contributed by atoms with E-state index < -0.39 is 0 Å². The molecule has 1 aromatic carbocycles. The Labute approximate surface area is 143 Å². The standard InChI is InChI=1S/C16H16ClN5S/c1-23-16-19-15-18-13-7-8-21(9-11-5-3-2-4-6-11)10-12(13)14(17)22(15)20-16/h2-6H,7-10H2,1H3.